The number of H-pyrrole nitrogens is 1. The molecule has 4 N–H and O–H groups in total. The van der Waals surface area contributed by atoms with Gasteiger partial charge in [0.15, 0.2) is 5.69 Å². The highest BCUT2D eigenvalue weighted by atomic mass is 35.5. The lowest BCUT2D eigenvalue weighted by atomic mass is 10.2. The molecule has 0 atom stereocenters. The van der Waals surface area contributed by atoms with Gasteiger partial charge in [-0.2, -0.15) is 5.10 Å². The highest BCUT2D eigenvalue weighted by molar-refractivity contribution is 7.92. The summed E-state index contributed by atoms with van der Waals surface area (Å²) < 4.78 is 33.4. The van der Waals surface area contributed by atoms with Gasteiger partial charge in [-0.05, 0) is 49.2 Å². The Balaban J connectivity index is 1.47. The third-order valence-electron chi connectivity index (χ3n) is 4.97. The number of nitrogens with zero attached hydrogens (tertiary/aromatic N) is 1. The first kappa shape index (κ1) is 22.6. The number of benzene rings is 2. The molecule has 0 saturated heterocycles. The SMILES string of the molecule is COc1ccccc1NS(=O)(=O)c1cc(C(=O)NNC(=O)c2cc(C3CC3)[nH]n2)ccc1Cl. The average molecular weight is 490 g/mol. The lowest BCUT2D eigenvalue weighted by Gasteiger charge is -2.13. The Morgan fingerprint density at radius 2 is 1.82 bits per heavy atom. The third kappa shape index (κ3) is 5.10. The van der Waals surface area contributed by atoms with E-state index < -0.39 is 21.8 Å². The minimum Gasteiger partial charge on any atom is -0.495 e. The van der Waals surface area contributed by atoms with Crippen molar-refractivity contribution in [1.82, 2.24) is 21.0 Å². The predicted molar refractivity (Wildman–Crippen MR) is 121 cm³/mol. The Labute approximate surface area is 194 Å². The van der Waals surface area contributed by atoms with E-state index in [1.807, 2.05) is 0 Å². The number of halogens is 1. The Bertz CT molecular complexity index is 1320. The van der Waals surface area contributed by atoms with Gasteiger partial charge in [-0.15, -0.1) is 0 Å². The van der Waals surface area contributed by atoms with Crippen molar-refractivity contribution < 1.29 is 22.7 Å². The molecule has 12 heteroatoms. The second-order valence-corrected chi connectivity index (χ2v) is 9.40. The van der Waals surface area contributed by atoms with Gasteiger partial charge in [-0.1, -0.05) is 23.7 Å². The third-order valence-corrected chi connectivity index (χ3v) is 6.82. The van der Waals surface area contributed by atoms with Gasteiger partial charge in [-0.25, -0.2) is 8.42 Å². The van der Waals surface area contributed by atoms with Gasteiger partial charge < -0.3 is 4.74 Å². The smallest absolute Gasteiger partial charge is 0.290 e. The minimum atomic E-state index is -4.15. The minimum absolute atomic E-state index is 0.0270. The van der Waals surface area contributed by atoms with Crippen LogP contribution in [0.25, 0.3) is 0 Å². The summed E-state index contributed by atoms with van der Waals surface area (Å²) >= 11 is 6.10. The molecule has 0 unspecified atom stereocenters. The van der Waals surface area contributed by atoms with Crippen LogP contribution in [0.3, 0.4) is 0 Å². The maximum atomic E-state index is 12.9. The summed E-state index contributed by atoms with van der Waals surface area (Å²) in [6, 6.07) is 11.8. The van der Waals surface area contributed by atoms with Crippen molar-refractivity contribution in [3.63, 3.8) is 0 Å². The van der Waals surface area contributed by atoms with Crippen LogP contribution in [0.15, 0.2) is 53.4 Å². The number of carbonyl (C=O) groups is 2. The van der Waals surface area contributed by atoms with Crippen molar-refractivity contribution in [3.05, 3.63) is 70.5 Å². The molecule has 1 aliphatic rings. The van der Waals surface area contributed by atoms with E-state index in [0.717, 1.165) is 24.6 Å². The van der Waals surface area contributed by atoms with Gasteiger partial charge in [0.1, 0.15) is 10.6 Å². The molecule has 0 bridgehead atoms. The number of anilines is 1. The van der Waals surface area contributed by atoms with Crippen LogP contribution in [-0.2, 0) is 10.0 Å². The quantitative estimate of drug-likeness (QED) is 0.376. The first-order valence-corrected chi connectivity index (χ1v) is 11.8. The van der Waals surface area contributed by atoms with Crippen LogP contribution >= 0.6 is 11.6 Å². The molecular formula is C21H20ClN5O5S. The van der Waals surface area contributed by atoms with E-state index in [1.54, 1.807) is 24.3 Å². The molecule has 172 valence electrons. The van der Waals surface area contributed by atoms with Gasteiger partial charge in [0.05, 0.1) is 17.8 Å². The van der Waals surface area contributed by atoms with E-state index in [9.17, 15) is 18.0 Å². The Morgan fingerprint density at radius 1 is 1.09 bits per heavy atom. The fraction of sp³-hybridized carbons (Fsp3) is 0.190. The van der Waals surface area contributed by atoms with Crippen LogP contribution in [0.5, 0.6) is 5.75 Å². The summed E-state index contributed by atoms with van der Waals surface area (Å²) in [5.74, 6) is -0.623. The number of amides is 2. The van der Waals surface area contributed by atoms with Gasteiger partial charge in [0, 0.05) is 17.2 Å². The first-order valence-electron chi connectivity index (χ1n) is 9.90. The molecule has 2 aromatic carbocycles. The van der Waals surface area contributed by atoms with Crippen molar-refractivity contribution in [2.24, 2.45) is 0 Å². The number of rotatable bonds is 7. The lowest BCUT2D eigenvalue weighted by Crippen LogP contribution is -2.41. The van der Waals surface area contributed by atoms with Crippen molar-refractivity contribution in [2.75, 3.05) is 11.8 Å². The fourth-order valence-corrected chi connectivity index (χ4v) is 4.68. The second-order valence-electron chi connectivity index (χ2n) is 7.34. The van der Waals surface area contributed by atoms with Crippen LogP contribution in [0.4, 0.5) is 5.69 Å². The van der Waals surface area contributed by atoms with E-state index in [4.69, 9.17) is 16.3 Å². The largest absolute Gasteiger partial charge is 0.495 e. The zero-order chi connectivity index (χ0) is 23.6. The number of aromatic amines is 1. The van der Waals surface area contributed by atoms with Gasteiger partial charge in [0.2, 0.25) is 0 Å². The zero-order valence-corrected chi connectivity index (χ0v) is 19.0. The summed E-state index contributed by atoms with van der Waals surface area (Å²) in [4.78, 5) is 24.4. The molecule has 3 aromatic rings. The summed E-state index contributed by atoms with van der Waals surface area (Å²) in [5.41, 5.74) is 5.71. The Morgan fingerprint density at radius 3 is 2.55 bits per heavy atom. The number of hydrogen-bond acceptors (Lipinski definition) is 6. The van der Waals surface area contributed by atoms with E-state index in [1.165, 1.54) is 25.3 Å². The number of sulfonamides is 1. The molecule has 33 heavy (non-hydrogen) atoms. The molecule has 1 aliphatic carbocycles. The Kier molecular flexibility index (Phi) is 6.25. The number of aromatic nitrogens is 2. The molecule has 0 spiro atoms. The maximum Gasteiger partial charge on any atom is 0.290 e. The molecule has 0 radical (unpaired) electrons. The number of hydrazine groups is 1. The molecule has 1 heterocycles. The molecule has 1 fully saturated rings. The van der Waals surface area contributed by atoms with Gasteiger partial charge in [0.25, 0.3) is 21.8 Å². The molecule has 0 aliphatic heterocycles. The maximum absolute atomic E-state index is 12.9. The molecular weight excluding hydrogens is 470 g/mol. The highest BCUT2D eigenvalue weighted by Gasteiger charge is 2.27. The van der Waals surface area contributed by atoms with E-state index in [-0.39, 0.29) is 26.9 Å². The average Bonchev–Trinajstić information content (AvgIpc) is 3.53. The number of nitrogens with one attached hydrogen (secondary N) is 4. The number of ether oxygens (including phenoxy) is 1. The molecule has 2 amide bonds. The Hall–Kier alpha value is -3.57. The number of carbonyl (C=O) groups excluding carboxylic acids is 2. The molecule has 1 saturated carbocycles. The standard InChI is InChI=1S/C21H20ClN5O5S/c1-32-18-5-3-2-4-15(18)27-33(30,31)19-10-13(8-9-14(19)22)20(28)25-26-21(29)17-11-16(23-24-17)12-6-7-12/h2-5,8-12,27H,6-7H2,1H3,(H,23,24)(H,25,28)(H,26,29). The second kappa shape index (κ2) is 9.12. The summed E-state index contributed by atoms with van der Waals surface area (Å²) in [5, 5.41) is 6.66. The number of para-hydroxylation sites is 2. The van der Waals surface area contributed by atoms with Crippen molar-refractivity contribution >= 4 is 39.1 Å². The van der Waals surface area contributed by atoms with Crippen LogP contribution < -0.4 is 20.3 Å². The van der Waals surface area contributed by atoms with E-state index in [0.29, 0.717) is 11.7 Å². The lowest BCUT2D eigenvalue weighted by molar-refractivity contribution is 0.0844. The summed E-state index contributed by atoms with van der Waals surface area (Å²) in [6.45, 7) is 0. The fourth-order valence-electron chi connectivity index (χ4n) is 3.09. The number of methoxy groups -OCH3 is 1. The molecule has 4 rings (SSSR count). The normalized spacial score (nSPS) is 13.3. The van der Waals surface area contributed by atoms with Crippen LogP contribution in [0, 0.1) is 0 Å². The van der Waals surface area contributed by atoms with E-state index in [2.05, 4.69) is 25.8 Å². The zero-order valence-electron chi connectivity index (χ0n) is 17.4. The molecule has 10 nitrogen and oxygen atoms in total. The summed E-state index contributed by atoms with van der Waals surface area (Å²) in [7, 11) is -2.74. The monoisotopic (exact) mass is 489 g/mol. The highest BCUT2D eigenvalue weighted by Crippen LogP contribution is 2.39. The van der Waals surface area contributed by atoms with Crippen molar-refractivity contribution in [2.45, 2.75) is 23.7 Å². The van der Waals surface area contributed by atoms with Crippen molar-refractivity contribution in [1.29, 1.82) is 0 Å². The topological polar surface area (TPSA) is 142 Å². The number of hydrogen-bond donors (Lipinski definition) is 4. The predicted octanol–water partition coefficient (Wildman–Crippen LogP) is 2.82. The van der Waals surface area contributed by atoms with Crippen LogP contribution in [-0.4, -0.2) is 37.5 Å². The first-order chi connectivity index (χ1) is 15.8. The van der Waals surface area contributed by atoms with E-state index >= 15 is 0 Å². The van der Waals surface area contributed by atoms with Crippen LogP contribution in [0.1, 0.15) is 45.3 Å². The van der Waals surface area contributed by atoms with Gasteiger partial charge in [-0.3, -0.25) is 30.3 Å². The molecule has 1 aromatic heterocycles. The van der Waals surface area contributed by atoms with Crippen LogP contribution in [0.2, 0.25) is 5.02 Å². The van der Waals surface area contributed by atoms with Crippen molar-refractivity contribution in [3.8, 4) is 5.75 Å². The van der Waals surface area contributed by atoms with Gasteiger partial charge >= 0.3 is 0 Å². The summed E-state index contributed by atoms with van der Waals surface area (Å²) in [6.07, 6.45) is 2.10.